The van der Waals surface area contributed by atoms with Crippen molar-refractivity contribution in [3.63, 3.8) is 0 Å². The van der Waals surface area contributed by atoms with Crippen LogP contribution in [0.25, 0.3) is 0 Å². The van der Waals surface area contributed by atoms with Gasteiger partial charge in [0.15, 0.2) is 0 Å². The molecule has 7 heteroatoms. The first-order chi connectivity index (χ1) is 10.4. The number of carbonyl (C=O) groups excluding carboxylic acids is 1. The number of amides is 1. The van der Waals surface area contributed by atoms with Crippen LogP contribution in [0.5, 0.6) is 5.75 Å². The van der Waals surface area contributed by atoms with Crippen LogP contribution in [0.2, 0.25) is 0 Å². The van der Waals surface area contributed by atoms with Gasteiger partial charge in [0, 0.05) is 6.92 Å². The fourth-order valence-corrected chi connectivity index (χ4v) is 2.38. The molecule has 0 saturated carbocycles. The number of aliphatic hydroxyl groups excluding tert-OH is 3. The highest BCUT2D eigenvalue weighted by Gasteiger charge is 2.46. The molecule has 0 unspecified atom stereocenters. The Hall–Kier alpha value is -1.67. The normalized spacial score (nSPS) is 31.6. The number of aryl methyl sites for hydroxylation is 1. The first-order valence-electron chi connectivity index (χ1n) is 7.06. The van der Waals surface area contributed by atoms with Crippen LogP contribution < -0.4 is 10.1 Å². The van der Waals surface area contributed by atoms with Gasteiger partial charge >= 0.3 is 0 Å². The molecule has 22 heavy (non-hydrogen) atoms. The quantitative estimate of drug-likeness (QED) is 0.587. The van der Waals surface area contributed by atoms with Gasteiger partial charge in [-0.2, -0.15) is 0 Å². The Balaban J connectivity index is 2.23. The molecule has 1 aromatic carbocycles. The van der Waals surface area contributed by atoms with Crippen molar-refractivity contribution < 1.29 is 29.6 Å². The minimum atomic E-state index is -1.32. The molecule has 2 rings (SSSR count). The summed E-state index contributed by atoms with van der Waals surface area (Å²) in [5.74, 6) is 0.142. The first-order valence-corrected chi connectivity index (χ1v) is 7.06. The number of hydrogen-bond donors (Lipinski definition) is 4. The Labute approximate surface area is 128 Å². The van der Waals surface area contributed by atoms with E-state index in [1.54, 1.807) is 12.1 Å². The van der Waals surface area contributed by atoms with E-state index in [9.17, 15) is 20.1 Å². The number of ether oxygens (including phenoxy) is 2. The number of nitrogens with one attached hydrogen (secondary N) is 1. The molecule has 1 aromatic rings. The summed E-state index contributed by atoms with van der Waals surface area (Å²) in [6.07, 6.45) is -4.66. The van der Waals surface area contributed by atoms with Crippen molar-refractivity contribution >= 4 is 5.91 Å². The standard InChI is InChI=1S/C15H21NO6/c1-8-5-3-4-6-10(8)21-15-12(16-9(2)18)14(20)13(19)11(7-17)22-15/h3-6,11-15,17,19-20H,7H2,1-2H3,(H,16,18)/t11-,12-,13-,14-,15+/m0/s1. The Kier molecular flexibility index (Phi) is 5.36. The van der Waals surface area contributed by atoms with E-state index in [0.29, 0.717) is 5.75 Å². The van der Waals surface area contributed by atoms with Gasteiger partial charge in [-0.15, -0.1) is 0 Å². The van der Waals surface area contributed by atoms with Gasteiger partial charge in [0.2, 0.25) is 12.2 Å². The highest BCUT2D eigenvalue weighted by atomic mass is 16.7. The summed E-state index contributed by atoms with van der Waals surface area (Å²) in [4.78, 5) is 11.3. The molecular formula is C15H21NO6. The molecule has 1 saturated heterocycles. The third-order valence-electron chi connectivity index (χ3n) is 3.59. The van der Waals surface area contributed by atoms with Crippen molar-refractivity contribution in [2.45, 2.75) is 44.5 Å². The third kappa shape index (κ3) is 3.56. The van der Waals surface area contributed by atoms with E-state index in [2.05, 4.69) is 5.32 Å². The molecule has 1 fully saturated rings. The zero-order valence-electron chi connectivity index (χ0n) is 12.5. The van der Waals surface area contributed by atoms with Crippen molar-refractivity contribution in [3.05, 3.63) is 29.8 Å². The van der Waals surface area contributed by atoms with Crippen LogP contribution in [0.15, 0.2) is 24.3 Å². The van der Waals surface area contributed by atoms with Crippen molar-refractivity contribution in [1.82, 2.24) is 5.32 Å². The number of hydrogen-bond acceptors (Lipinski definition) is 6. The Morgan fingerprint density at radius 1 is 1.32 bits per heavy atom. The lowest BCUT2D eigenvalue weighted by atomic mass is 9.97. The number of rotatable bonds is 4. The maximum Gasteiger partial charge on any atom is 0.223 e. The second kappa shape index (κ2) is 7.06. The Bertz CT molecular complexity index is 523. The summed E-state index contributed by atoms with van der Waals surface area (Å²) in [5.41, 5.74) is 0.855. The van der Waals surface area contributed by atoms with Crippen LogP contribution in [0.4, 0.5) is 0 Å². The summed E-state index contributed by atoms with van der Waals surface area (Å²) in [6.45, 7) is 2.67. The van der Waals surface area contributed by atoms with Crippen molar-refractivity contribution in [2.75, 3.05) is 6.61 Å². The highest BCUT2D eigenvalue weighted by molar-refractivity contribution is 5.73. The predicted octanol–water partition coefficient (Wildman–Crippen LogP) is -0.682. The lowest BCUT2D eigenvalue weighted by molar-refractivity contribution is -0.244. The number of carbonyl (C=O) groups is 1. The van der Waals surface area contributed by atoms with Gasteiger partial charge < -0.3 is 30.1 Å². The van der Waals surface area contributed by atoms with Gasteiger partial charge in [-0.1, -0.05) is 18.2 Å². The number of aliphatic hydroxyl groups is 3. The minimum absolute atomic E-state index is 0.388. The molecule has 0 radical (unpaired) electrons. The molecule has 0 aliphatic carbocycles. The Morgan fingerprint density at radius 3 is 2.59 bits per heavy atom. The van der Waals surface area contributed by atoms with Crippen LogP contribution in [0.1, 0.15) is 12.5 Å². The van der Waals surface area contributed by atoms with Crippen LogP contribution in [-0.2, 0) is 9.53 Å². The summed E-state index contributed by atoms with van der Waals surface area (Å²) >= 11 is 0. The third-order valence-corrected chi connectivity index (χ3v) is 3.59. The number of para-hydroxylation sites is 1. The molecule has 0 aromatic heterocycles. The largest absolute Gasteiger partial charge is 0.462 e. The molecule has 0 bridgehead atoms. The summed E-state index contributed by atoms with van der Waals surface area (Å²) in [5, 5.41) is 31.8. The molecule has 0 spiro atoms. The van der Waals surface area contributed by atoms with Crippen LogP contribution in [-0.4, -0.2) is 58.5 Å². The Morgan fingerprint density at radius 2 is 2.00 bits per heavy atom. The van der Waals surface area contributed by atoms with Gasteiger partial charge in [-0.05, 0) is 18.6 Å². The van der Waals surface area contributed by atoms with E-state index in [4.69, 9.17) is 9.47 Å². The van der Waals surface area contributed by atoms with E-state index in [0.717, 1.165) is 5.56 Å². The summed E-state index contributed by atoms with van der Waals surface area (Å²) in [7, 11) is 0. The second-order valence-electron chi connectivity index (χ2n) is 5.32. The fourth-order valence-electron chi connectivity index (χ4n) is 2.38. The molecule has 4 N–H and O–H groups in total. The van der Waals surface area contributed by atoms with Gasteiger partial charge in [0.1, 0.15) is 30.1 Å². The highest BCUT2D eigenvalue weighted by Crippen LogP contribution is 2.26. The smallest absolute Gasteiger partial charge is 0.223 e. The first kappa shape index (κ1) is 16.7. The average Bonchev–Trinajstić information content (AvgIpc) is 2.48. The van der Waals surface area contributed by atoms with E-state index >= 15 is 0 Å². The average molecular weight is 311 g/mol. The monoisotopic (exact) mass is 311 g/mol. The molecule has 7 nitrogen and oxygen atoms in total. The lowest BCUT2D eigenvalue weighted by Gasteiger charge is -2.42. The molecule has 1 aliphatic heterocycles. The predicted molar refractivity (Wildman–Crippen MR) is 77.2 cm³/mol. The van der Waals surface area contributed by atoms with E-state index in [-0.39, 0.29) is 5.91 Å². The van der Waals surface area contributed by atoms with E-state index in [1.165, 1.54) is 6.92 Å². The molecule has 5 atom stereocenters. The minimum Gasteiger partial charge on any atom is -0.462 e. The van der Waals surface area contributed by atoms with Gasteiger partial charge in [-0.3, -0.25) is 4.79 Å². The maximum absolute atomic E-state index is 11.3. The van der Waals surface area contributed by atoms with Gasteiger partial charge in [-0.25, -0.2) is 0 Å². The zero-order valence-corrected chi connectivity index (χ0v) is 12.5. The van der Waals surface area contributed by atoms with Crippen LogP contribution in [0, 0.1) is 6.92 Å². The molecule has 122 valence electrons. The second-order valence-corrected chi connectivity index (χ2v) is 5.32. The van der Waals surface area contributed by atoms with Gasteiger partial charge in [0.05, 0.1) is 6.61 Å². The van der Waals surface area contributed by atoms with Crippen LogP contribution in [0.3, 0.4) is 0 Å². The topological polar surface area (TPSA) is 108 Å². The van der Waals surface area contributed by atoms with E-state index in [1.807, 2.05) is 19.1 Å². The van der Waals surface area contributed by atoms with Crippen molar-refractivity contribution in [1.29, 1.82) is 0 Å². The lowest BCUT2D eigenvalue weighted by Crippen LogP contribution is -2.65. The molecular weight excluding hydrogens is 290 g/mol. The maximum atomic E-state index is 11.3. The zero-order chi connectivity index (χ0) is 16.3. The van der Waals surface area contributed by atoms with Crippen molar-refractivity contribution in [2.24, 2.45) is 0 Å². The fraction of sp³-hybridized carbons (Fsp3) is 0.533. The molecule has 1 heterocycles. The number of benzene rings is 1. The van der Waals surface area contributed by atoms with Crippen molar-refractivity contribution in [3.8, 4) is 5.75 Å². The molecule has 1 aliphatic rings. The summed E-state index contributed by atoms with van der Waals surface area (Å²) < 4.78 is 11.2. The molecule has 1 amide bonds. The SMILES string of the molecule is CC(=O)N[C@@H]1[C@H](Oc2ccccc2C)O[C@@H](CO)[C@H](O)[C@H]1O. The summed E-state index contributed by atoms with van der Waals surface area (Å²) in [6, 6.07) is 6.27. The van der Waals surface area contributed by atoms with Crippen LogP contribution >= 0.6 is 0 Å². The van der Waals surface area contributed by atoms with E-state index < -0.39 is 37.3 Å². The van der Waals surface area contributed by atoms with Gasteiger partial charge in [0.25, 0.3) is 0 Å².